The molecule has 4 heteroatoms. The zero-order valence-corrected chi connectivity index (χ0v) is 9.24. The summed E-state index contributed by atoms with van der Waals surface area (Å²) >= 11 is 0. The van der Waals surface area contributed by atoms with E-state index in [1.807, 2.05) is 0 Å². The summed E-state index contributed by atoms with van der Waals surface area (Å²) in [6, 6.07) is 9.72. The maximum absolute atomic E-state index is 13.1. The van der Waals surface area contributed by atoms with Crippen molar-refractivity contribution in [3.63, 3.8) is 0 Å². The van der Waals surface area contributed by atoms with Crippen molar-refractivity contribution in [3.05, 3.63) is 59.4 Å². The van der Waals surface area contributed by atoms with E-state index in [0.717, 1.165) is 0 Å². The minimum atomic E-state index is -2.52. The fraction of sp³-hybridized carbons (Fsp3) is 0.0714. The van der Waals surface area contributed by atoms with Gasteiger partial charge in [0.05, 0.1) is 5.56 Å². The van der Waals surface area contributed by atoms with Crippen LogP contribution in [-0.4, -0.2) is 6.29 Å². The van der Waals surface area contributed by atoms with Gasteiger partial charge in [-0.05, 0) is 23.3 Å². The molecule has 0 aliphatic heterocycles. The molecule has 2 aromatic carbocycles. The number of aldehydes is 1. The Morgan fingerprint density at radius 2 is 1.56 bits per heavy atom. The van der Waals surface area contributed by atoms with Crippen molar-refractivity contribution < 1.29 is 18.0 Å². The Morgan fingerprint density at radius 1 is 0.944 bits per heavy atom. The average Bonchev–Trinajstić information content (AvgIpc) is 2.39. The molecule has 0 atom stereocenters. The lowest BCUT2D eigenvalue weighted by atomic mass is 10.0. The number of carbonyl (C=O) groups excluding carboxylic acids is 1. The van der Waals surface area contributed by atoms with Crippen molar-refractivity contribution in [3.8, 4) is 11.1 Å². The first-order valence-corrected chi connectivity index (χ1v) is 5.25. The van der Waals surface area contributed by atoms with Gasteiger partial charge in [-0.15, -0.1) is 0 Å². The van der Waals surface area contributed by atoms with E-state index < -0.39 is 12.2 Å². The number of hydrogen-bond acceptors (Lipinski definition) is 1. The Morgan fingerprint density at radius 3 is 2.11 bits per heavy atom. The monoisotopic (exact) mass is 250 g/mol. The highest BCUT2D eigenvalue weighted by molar-refractivity contribution is 5.79. The van der Waals surface area contributed by atoms with Crippen molar-refractivity contribution in [2.45, 2.75) is 6.43 Å². The van der Waals surface area contributed by atoms with Crippen LogP contribution in [0.2, 0.25) is 0 Å². The van der Waals surface area contributed by atoms with Gasteiger partial charge in [0.1, 0.15) is 5.82 Å². The molecule has 0 N–H and O–H groups in total. The van der Waals surface area contributed by atoms with Crippen molar-refractivity contribution in [2.75, 3.05) is 0 Å². The molecule has 0 amide bonds. The second kappa shape index (κ2) is 5.04. The predicted octanol–water partition coefficient (Wildman–Crippen LogP) is 4.24. The lowest BCUT2D eigenvalue weighted by Crippen LogP contribution is -1.89. The number of benzene rings is 2. The summed E-state index contributed by atoms with van der Waals surface area (Å²) in [5.74, 6) is -0.599. The minimum Gasteiger partial charge on any atom is -0.298 e. The number of hydrogen-bond donors (Lipinski definition) is 0. The SMILES string of the molecule is O=Cc1cc(-c2ccc(C(F)F)cc2)ccc1F. The largest absolute Gasteiger partial charge is 0.298 e. The van der Waals surface area contributed by atoms with Gasteiger partial charge < -0.3 is 0 Å². The Hall–Kier alpha value is -2.10. The highest BCUT2D eigenvalue weighted by Gasteiger charge is 2.08. The molecule has 0 radical (unpaired) electrons. The van der Waals surface area contributed by atoms with Gasteiger partial charge in [0.25, 0.3) is 6.43 Å². The van der Waals surface area contributed by atoms with Crippen LogP contribution in [0.1, 0.15) is 22.3 Å². The zero-order valence-electron chi connectivity index (χ0n) is 9.24. The molecule has 0 heterocycles. The third-order valence-corrected chi connectivity index (χ3v) is 2.62. The molecular formula is C14H9F3O. The third kappa shape index (κ3) is 2.42. The first kappa shape index (κ1) is 12.4. The molecule has 18 heavy (non-hydrogen) atoms. The van der Waals surface area contributed by atoms with E-state index in [4.69, 9.17) is 0 Å². The molecule has 0 bridgehead atoms. The minimum absolute atomic E-state index is 0.0505. The Balaban J connectivity index is 2.39. The van der Waals surface area contributed by atoms with Crippen molar-refractivity contribution in [1.29, 1.82) is 0 Å². The lowest BCUT2D eigenvalue weighted by molar-refractivity contribution is 0.112. The fourth-order valence-electron chi connectivity index (χ4n) is 1.63. The van der Waals surface area contributed by atoms with Crippen molar-refractivity contribution >= 4 is 6.29 Å². The second-order valence-electron chi connectivity index (χ2n) is 3.78. The van der Waals surface area contributed by atoms with Crippen LogP contribution in [0, 0.1) is 5.82 Å². The normalized spacial score (nSPS) is 10.7. The fourth-order valence-corrected chi connectivity index (χ4v) is 1.63. The van der Waals surface area contributed by atoms with E-state index in [1.54, 1.807) is 0 Å². The Kier molecular flexibility index (Phi) is 3.46. The second-order valence-corrected chi connectivity index (χ2v) is 3.78. The summed E-state index contributed by atoms with van der Waals surface area (Å²) in [4.78, 5) is 10.6. The van der Waals surface area contributed by atoms with Crippen LogP contribution in [0.5, 0.6) is 0 Å². The van der Waals surface area contributed by atoms with Gasteiger partial charge in [0.15, 0.2) is 6.29 Å². The average molecular weight is 250 g/mol. The molecule has 0 saturated heterocycles. The van der Waals surface area contributed by atoms with Gasteiger partial charge in [0.2, 0.25) is 0 Å². The van der Waals surface area contributed by atoms with Crippen molar-refractivity contribution in [2.24, 2.45) is 0 Å². The number of rotatable bonds is 3. The van der Waals surface area contributed by atoms with Gasteiger partial charge in [-0.1, -0.05) is 30.3 Å². The molecule has 2 rings (SSSR count). The standard InChI is InChI=1S/C14H9F3O/c15-13-6-5-11(7-12(13)8-18)9-1-3-10(4-2-9)14(16)17/h1-8,14H. The van der Waals surface area contributed by atoms with E-state index in [-0.39, 0.29) is 11.1 Å². The number of carbonyl (C=O) groups is 1. The van der Waals surface area contributed by atoms with Gasteiger partial charge in [0, 0.05) is 5.56 Å². The first-order valence-electron chi connectivity index (χ1n) is 5.25. The summed E-state index contributed by atoms with van der Waals surface area (Å²) in [6.07, 6.45) is -2.09. The smallest absolute Gasteiger partial charge is 0.263 e. The summed E-state index contributed by atoms with van der Waals surface area (Å²) in [5, 5.41) is 0. The van der Waals surface area contributed by atoms with Crippen LogP contribution in [0.25, 0.3) is 11.1 Å². The molecule has 0 spiro atoms. The molecule has 0 aromatic heterocycles. The van der Waals surface area contributed by atoms with E-state index in [1.165, 1.54) is 42.5 Å². The summed E-state index contributed by atoms with van der Waals surface area (Å²) in [6.45, 7) is 0. The maximum Gasteiger partial charge on any atom is 0.263 e. The summed E-state index contributed by atoms with van der Waals surface area (Å²) in [7, 11) is 0. The van der Waals surface area contributed by atoms with Crippen LogP contribution in [-0.2, 0) is 0 Å². The summed E-state index contributed by atoms with van der Waals surface area (Å²) < 4.78 is 37.9. The molecule has 0 fully saturated rings. The quantitative estimate of drug-likeness (QED) is 0.744. The van der Waals surface area contributed by atoms with Crippen LogP contribution in [0.3, 0.4) is 0 Å². The zero-order chi connectivity index (χ0) is 13.1. The predicted molar refractivity (Wildman–Crippen MR) is 62.2 cm³/mol. The van der Waals surface area contributed by atoms with E-state index in [0.29, 0.717) is 17.4 Å². The van der Waals surface area contributed by atoms with Crippen LogP contribution < -0.4 is 0 Å². The van der Waals surface area contributed by atoms with Crippen LogP contribution >= 0.6 is 0 Å². The summed E-state index contributed by atoms with van der Waals surface area (Å²) in [5.41, 5.74) is 1.14. The van der Waals surface area contributed by atoms with Crippen LogP contribution in [0.15, 0.2) is 42.5 Å². The van der Waals surface area contributed by atoms with E-state index >= 15 is 0 Å². The van der Waals surface area contributed by atoms with Gasteiger partial charge in [-0.3, -0.25) is 4.79 Å². The Labute approximate surface area is 102 Å². The molecule has 2 aromatic rings. The Bertz CT molecular complexity index is 562. The molecule has 0 saturated carbocycles. The third-order valence-electron chi connectivity index (χ3n) is 2.62. The highest BCUT2D eigenvalue weighted by atomic mass is 19.3. The molecule has 1 nitrogen and oxygen atoms in total. The molecule has 0 aliphatic rings. The highest BCUT2D eigenvalue weighted by Crippen LogP contribution is 2.25. The molecule has 0 aliphatic carbocycles. The number of alkyl halides is 2. The maximum atomic E-state index is 13.1. The molecule has 0 unspecified atom stereocenters. The van der Waals surface area contributed by atoms with Gasteiger partial charge in [-0.25, -0.2) is 13.2 Å². The lowest BCUT2D eigenvalue weighted by Gasteiger charge is -2.05. The van der Waals surface area contributed by atoms with Gasteiger partial charge in [-0.2, -0.15) is 0 Å². The first-order chi connectivity index (χ1) is 8.61. The topological polar surface area (TPSA) is 17.1 Å². The number of halogens is 3. The van der Waals surface area contributed by atoms with Gasteiger partial charge >= 0.3 is 0 Å². The van der Waals surface area contributed by atoms with Crippen molar-refractivity contribution in [1.82, 2.24) is 0 Å². The van der Waals surface area contributed by atoms with E-state index in [9.17, 15) is 18.0 Å². The molecule has 92 valence electrons. The van der Waals surface area contributed by atoms with Crippen LogP contribution in [0.4, 0.5) is 13.2 Å². The van der Waals surface area contributed by atoms with E-state index in [2.05, 4.69) is 0 Å². The molecular weight excluding hydrogens is 241 g/mol.